The number of methoxy groups -OCH3 is 2. The van der Waals surface area contributed by atoms with E-state index in [4.69, 9.17) is 14.2 Å². The van der Waals surface area contributed by atoms with Gasteiger partial charge in [-0.2, -0.15) is 0 Å². The SMILES string of the molecule is COc1cc(/C=C/C(=O)OC(Cc2ccc(O)c(OC)c2)C(=O)O)ccc1O. The number of benzene rings is 2. The summed E-state index contributed by atoms with van der Waals surface area (Å²) in [6, 6.07) is 8.82. The van der Waals surface area contributed by atoms with Gasteiger partial charge >= 0.3 is 11.9 Å². The molecule has 0 spiro atoms. The molecule has 0 heterocycles. The lowest BCUT2D eigenvalue weighted by Crippen LogP contribution is -2.28. The molecule has 0 aromatic heterocycles. The van der Waals surface area contributed by atoms with Crippen molar-refractivity contribution in [2.45, 2.75) is 12.5 Å². The molecule has 8 heteroatoms. The lowest BCUT2D eigenvalue weighted by molar-refractivity contribution is -0.160. The van der Waals surface area contributed by atoms with E-state index >= 15 is 0 Å². The van der Waals surface area contributed by atoms with Crippen molar-refractivity contribution in [2.24, 2.45) is 0 Å². The number of rotatable bonds is 8. The summed E-state index contributed by atoms with van der Waals surface area (Å²) in [5.41, 5.74) is 1.07. The number of hydrogen-bond donors (Lipinski definition) is 3. The van der Waals surface area contributed by atoms with Crippen LogP contribution < -0.4 is 9.47 Å². The van der Waals surface area contributed by atoms with Crippen LogP contribution in [0, 0.1) is 0 Å². The maximum Gasteiger partial charge on any atom is 0.345 e. The fourth-order valence-corrected chi connectivity index (χ4v) is 2.38. The van der Waals surface area contributed by atoms with Crippen LogP contribution in [0.2, 0.25) is 0 Å². The number of phenols is 2. The number of ether oxygens (including phenoxy) is 3. The largest absolute Gasteiger partial charge is 0.504 e. The molecule has 0 saturated heterocycles. The van der Waals surface area contributed by atoms with E-state index < -0.39 is 18.0 Å². The normalized spacial score (nSPS) is 11.8. The molecule has 2 rings (SSSR count). The number of carbonyl (C=O) groups is 2. The fraction of sp³-hybridized carbons (Fsp3) is 0.200. The van der Waals surface area contributed by atoms with Gasteiger partial charge in [-0.25, -0.2) is 9.59 Å². The summed E-state index contributed by atoms with van der Waals surface area (Å²) in [5, 5.41) is 28.5. The minimum Gasteiger partial charge on any atom is -0.504 e. The first-order chi connectivity index (χ1) is 13.3. The Morgan fingerprint density at radius 3 is 2.21 bits per heavy atom. The van der Waals surface area contributed by atoms with E-state index in [0.717, 1.165) is 6.08 Å². The first-order valence-electron chi connectivity index (χ1n) is 8.18. The monoisotopic (exact) mass is 388 g/mol. The Kier molecular flexibility index (Phi) is 6.86. The molecule has 148 valence electrons. The molecule has 0 aliphatic rings. The molecular formula is C20H20O8. The van der Waals surface area contributed by atoms with Gasteiger partial charge in [-0.1, -0.05) is 12.1 Å². The summed E-state index contributed by atoms with van der Waals surface area (Å²) in [7, 11) is 2.77. The van der Waals surface area contributed by atoms with Crippen LogP contribution in [0.15, 0.2) is 42.5 Å². The molecule has 2 aromatic rings. The van der Waals surface area contributed by atoms with Gasteiger partial charge in [0.2, 0.25) is 6.10 Å². The lowest BCUT2D eigenvalue weighted by atomic mass is 10.1. The highest BCUT2D eigenvalue weighted by atomic mass is 16.6. The van der Waals surface area contributed by atoms with Crippen molar-refractivity contribution >= 4 is 18.0 Å². The zero-order valence-corrected chi connectivity index (χ0v) is 15.3. The Balaban J connectivity index is 2.07. The highest BCUT2D eigenvalue weighted by Crippen LogP contribution is 2.28. The van der Waals surface area contributed by atoms with Gasteiger partial charge in [0, 0.05) is 12.5 Å². The Hall–Kier alpha value is -3.68. The van der Waals surface area contributed by atoms with Gasteiger partial charge in [0.1, 0.15) is 0 Å². The molecule has 1 atom stereocenters. The predicted molar refractivity (Wildman–Crippen MR) is 99.6 cm³/mol. The van der Waals surface area contributed by atoms with Crippen LogP contribution in [0.25, 0.3) is 6.08 Å². The van der Waals surface area contributed by atoms with Gasteiger partial charge in [-0.15, -0.1) is 0 Å². The zero-order valence-electron chi connectivity index (χ0n) is 15.3. The van der Waals surface area contributed by atoms with Crippen LogP contribution in [-0.2, 0) is 20.7 Å². The fourth-order valence-electron chi connectivity index (χ4n) is 2.38. The number of hydrogen-bond acceptors (Lipinski definition) is 7. The quantitative estimate of drug-likeness (QED) is 0.465. The second-order valence-electron chi connectivity index (χ2n) is 5.74. The average molecular weight is 388 g/mol. The second kappa shape index (κ2) is 9.31. The van der Waals surface area contributed by atoms with Crippen LogP contribution in [0.4, 0.5) is 0 Å². The Morgan fingerprint density at radius 1 is 1.00 bits per heavy atom. The van der Waals surface area contributed by atoms with Crippen molar-refractivity contribution in [3.63, 3.8) is 0 Å². The molecule has 0 bridgehead atoms. The molecule has 0 aliphatic carbocycles. The third kappa shape index (κ3) is 5.41. The minimum absolute atomic E-state index is 0.0440. The minimum atomic E-state index is -1.42. The molecule has 0 radical (unpaired) electrons. The van der Waals surface area contributed by atoms with Gasteiger partial charge in [-0.05, 0) is 41.5 Å². The number of carboxylic acid groups (broad SMARTS) is 1. The van der Waals surface area contributed by atoms with Crippen LogP contribution in [0.5, 0.6) is 23.0 Å². The van der Waals surface area contributed by atoms with Gasteiger partial charge in [0.25, 0.3) is 0 Å². The van der Waals surface area contributed by atoms with Crippen LogP contribution in [0.3, 0.4) is 0 Å². The van der Waals surface area contributed by atoms with Crippen LogP contribution >= 0.6 is 0 Å². The van der Waals surface area contributed by atoms with E-state index in [9.17, 15) is 24.9 Å². The van der Waals surface area contributed by atoms with Crippen molar-refractivity contribution < 1.29 is 39.1 Å². The average Bonchev–Trinajstić information content (AvgIpc) is 2.68. The number of carboxylic acids is 1. The number of aromatic hydroxyl groups is 2. The highest BCUT2D eigenvalue weighted by molar-refractivity contribution is 5.89. The molecule has 1 unspecified atom stereocenters. The van der Waals surface area contributed by atoms with E-state index in [1.54, 1.807) is 6.07 Å². The number of phenolic OH excluding ortho intramolecular Hbond substituents is 2. The van der Waals surface area contributed by atoms with Crippen LogP contribution in [-0.4, -0.2) is 47.6 Å². The molecular weight excluding hydrogens is 368 g/mol. The summed E-state index contributed by atoms with van der Waals surface area (Å²) in [5.74, 6) is -1.85. The lowest BCUT2D eigenvalue weighted by Gasteiger charge is -2.13. The van der Waals surface area contributed by atoms with E-state index in [-0.39, 0.29) is 29.4 Å². The van der Waals surface area contributed by atoms with Gasteiger partial charge in [0.05, 0.1) is 14.2 Å². The molecule has 0 saturated carbocycles. The van der Waals surface area contributed by atoms with Crippen molar-refractivity contribution in [3.05, 3.63) is 53.6 Å². The number of esters is 1. The summed E-state index contributed by atoms with van der Waals surface area (Å²) in [4.78, 5) is 23.4. The van der Waals surface area contributed by atoms with Gasteiger partial charge < -0.3 is 29.5 Å². The van der Waals surface area contributed by atoms with Crippen LogP contribution in [0.1, 0.15) is 11.1 Å². The molecule has 2 aromatic carbocycles. The van der Waals surface area contributed by atoms with Crippen molar-refractivity contribution in [1.82, 2.24) is 0 Å². The molecule has 8 nitrogen and oxygen atoms in total. The number of carbonyl (C=O) groups excluding carboxylic acids is 1. The predicted octanol–water partition coefficient (Wildman–Crippen LogP) is 2.37. The summed E-state index contributed by atoms with van der Waals surface area (Å²) in [6.45, 7) is 0. The maximum absolute atomic E-state index is 12.0. The van der Waals surface area contributed by atoms with E-state index in [2.05, 4.69) is 0 Å². The Labute approximate surface area is 161 Å². The smallest absolute Gasteiger partial charge is 0.345 e. The Bertz CT molecular complexity index is 888. The summed E-state index contributed by atoms with van der Waals surface area (Å²) < 4.78 is 15.0. The second-order valence-corrected chi connectivity index (χ2v) is 5.74. The molecule has 0 fully saturated rings. The Morgan fingerprint density at radius 2 is 1.61 bits per heavy atom. The molecule has 3 N–H and O–H groups in total. The summed E-state index contributed by atoms with van der Waals surface area (Å²) >= 11 is 0. The van der Waals surface area contributed by atoms with Gasteiger partial charge in [0.15, 0.2) is 23.0 Å². The third-order valence-corrected chi connectivity index (χ3v) is 3.81. The van der Waals surface area contributed by atoms with Gasteiger partial charge in [-0.3, -0.25) is 0 Å². The van der Waals surface area contributed by atoms with Crippen molar-refractivity contribution in [2.75, 3.05) is 14.2 Å². The van der Waals surface area contributed by atoms with Crippen molar-refractivity contribution in [1.29, 1.82) is 0 Å². The topological polar surface area (TPSA) is 123 Å². The maximum atomic E-state index is 12.0. The molecule has 28 heavy (non-hydrogen) atoms. The van der Waals surface area contributed by atoms with E-state index in [1.165, 1.54) is 50.6 Å². The number of aliphatic carboxylic acids is 1. The summed E-state index contributed by atoms with van der Waals surface area (Å²) in [6.07, 6.45) is 0.977. The van der Waals surface area contributed by atoms with Crippen molar-refractivity contribution in [3.8, 4) is 23.0 Å². The zero-order chi connectivity index (χ0) is 20.7. The first kappa shape index (κ1) is 20.6. The highest BCUT2D eigenvalue weighted by Gasteiger charge is 2.22. The van der Waals surface area contributed by atoms with E-state index in [0.29, 0.717) is 11.1 Å². The molecule has 0 aliphatic heterocycles. The van der Waals surface area contributed by atoms with E-state index in [1.807, 2.05) is 0 Å². The standard InChI is InChI=1S/C20H20O8/c1-26-16-9-12(3-6-14(16)21)5-8-19(23)28-18(20(24)25)11-13-4-7-15(22)17(10-13)27-2/h3-10,18,21-22H,11H2,1-2H3,(H,24,25)/b8-5+. The third-order valence-electron chi connectivity index (χ3n) is 3.81. The molecule has 0 amide bonds. The first-order valence-corrected chi connectivity index (χ1v) is 8.18.